The number of pyridine rings is 2. The molecule has 4 nitrogen and oxygen atoms in total. The Bertz CT molecular complexity index is 626. The average molecular weight is 315 g/mol. The van der Waals surface area contributed by atoms with Crippen LogP contribution in [0.4, 0.5) is 11.6 Å². The third-order valence-electron chi connectivity index (χ3n) is 2.21. The predicted molar refractivity (Wildman–Crippen MR) is 78.4 cm³/mol. The Morgan fingerprint density at radius 1 is 1.05 bits per heavy atom. The minimum atomic E-state index is 0.486. The summed E-state index contributed by atoms with van der Waals surface area (Å²) in [6.45, 7) is 15.3. The number of hydrogen-bond acceptors (Lipinski definition) is 2. The van der Waals surface area contributed by atoms with Crippen LogP contribution in [0.3, 0.4) is 0 Å². The Kier molecular flexibility index (Phi) is 6.21. The lowest BCUT2D eigenvalue weighted by atomic mass is 10.3. The normalized spacial score (nSPS) is 8.63. The maximum atomic E-state index is 6.73. The monoisotopic (exact) mass is 314 g/mol. The number of aryl methyl sites for hydroxylation is 1. The Morgan fingerprint density at radius 2 is 1.63 bits per heavy atom. The van der Waals surface area contributed by atoms with Gasteiger partial charge in [-0.2, -0.15) is 0 Å². The highest BCUT2D eigenvalue weighted by molar-refractivity contribution is 9.08. The summed E-state index contributed by atoms with van der Waals surface area (Å²) < 4.78 is 0. The van der Waals surface area contributed by atoms with Crippen LogP contribution in [0.15, 0.2) is 36.7 Å². The molecule has 94 valence electrons. The summed E-state index contributed by atoms with van der Waals surface area (Å²) in [6.07, 6.45) is 3.25. The molecule has 0 aliphatic rings. The van der Waals surface area contributed by atoms with E-state index in [1.165, 1.54) is 0 Å². The average Bonchev–Trinajstić information content (AvgIpc) is 2.48. The molecule has 0 aliphatic heterocycles. The van der Waals surface area contributed by atoms with Crippen molar-refractivity contribution in [1.82, 2.24) is 9.97 Å². The van der Waals surface area contributed by atoms with Gasteiger partial charge >= 0.3 is 0 Å². The molecule has 0 N–H and O–H groups in total. The van der Waals surface area contributed by atoms with Gasteiger partial charge in [0.25, 0.3) is 11.6 Å². The van der Waals surface area contributed by atoms with E-state index in [4.69, 9.17) is 13.1 Å². The summed E-state index contributed by atoms with van der Waals surface area (Å²) in [5.41, 5.74) is 1.88. The van der Waals surface area contributed by atoms with Crippen molar-refractivity contribution in [2.75, 3.05) is 0 Å². The Labute approximate surface area is 120 Å². The Morgan fingerprint density at radius 3 is 2.05 bits per heavy atom. The fraction of sp³-hybridized carbons (Fsp3) is 0.143. The predicted octanol–water partition coefficient (Wildman–Crippen LogP) is 4.47. The van der Waals surface area contributed by atoms with Gasteiger partial charge in [0, 0.05) is 5.33 Å². The third-order valence-corrected chi connectivity index (χ3v) is 2.81. The second-order valence-corrected chi connectivity index (χ2v) is 4.05. The van der Waals surface area contributed by atoms with Gasteiger partial charge in [0.1, 0.15) is 12.4 Å². The minimum Gasteiger partial charge on any atom is -0.360 e. The second kappa shape index (κ2) is 7.97. The first kappa shape index (κ1) is 14.8. The lowest BCUT2D eigenvalue weighted by Gasteiger charge is -1.93. The van der Waals surface area contributed by atoms with Gasteiger partial charge in [-0.25, -0.2) is 0 Å². The maximum Gasteiger partial charge on any atom is 0.273 e. The van der Waals surface area contributed by atoms with Crippen molar-refractivity contribution in [3.05, 3.63) is 70.6 Å². The van der Waals surface area contributed by atoms with E-state index in [0.717, 1.165) is 11.1 Å². The number of nitrogens with zero attached hydrogens (tertiary/aromatic N) is 4. The largest absolute Gasteiger partial charge is 0.360 e. The first-order chi connectivity index (χ1) is 9.22. The molecule has 0 atom stereocenters. The second-order valence-electron chi connectivity index (χ2n) is 3.49. The quantitative estimate of drug-likeness (QED) is 0.575. The summed E-state index contributed by atoms with van der Waals surface area (Å²) >= 11 is 3.27. The van der Waals surface area contributed by atoms with E-state index in [2.05, 4.69) is 35.6 Å². The molecule has 0 saturated carbocycles. The number of alkyl halides is 1. The van der Waals surface area contributed by atoms with Crippen molar-refractivity contribution in [3.63, 3.8) is 0 Å². The Balaban J connectivity index is 0.000000191. The summed E-state index contributed by atoms with van der Waals surface area (Å²) in [6, 6.07) is 7.41. The first-order valence-electron chi connectivity index (χ1n) is 5.39. The van der Waals surface area contributed by atoms with Gasteiger partial charge in [0.05, 0.1) is 0 Å². The molecule has 0 saturated heterocycles. The van der Waals surface area contributed by atoms with Gasteiger partial charge in [0.2, 0.25) is 0 Å². The standard InChI is InChI=1S/C7H5BrN2.C7H6N2/c1-9-7-6(5-8)3-2-4-10-7;1-6-4-3-5-9-7(6)8-2/h2-4H,5H2;3-5H,1H3. The van der Waals surface area contributed by atoms with Crippen LogP contribution in [0.5, 0.6) is 0 Å². The van der Waals surface area contributed by atoms with Crippen molar-refractivity contribution in [2.24, 2.45) is 0 Å². The zero-order chi connectivity index (χ0) is 14.1. The molecule has 0 spiro atoms. The van der Waals surface area contributed by atoms with Gasteiger partial charge in [-0.05, 0) is 30.2 Å². The Hall–Kier alpha value is -2.24. The first-order valence-corrected chi connectivity index (χ1v) is 6.51. The molecule has 19 heavy (non-hydrogen) atoms. The van der Waals surface area contributed by atoms with Crippen LogP contribution >= 0.6 is 15.9 Å². The molecule has 5 heteroatoms. The zero-order valence-corrected chi connectivity index (χ0v) is 11.9. The smallest absolute Gasteiger partial charge is 0.273 e. The molecule has 0 amide bonds. The summed E-state index contributed by atoms with van der Waals surface area (Å²) in [4.78, 5) is 14.2. The van der Waals surface area contributed by atoms with Crippen LogP contribution in [0, 0.1) is 20.1 Å². The topological polar surface area (TPSA) is 34.5 Å². The summed E-state index contributed by atoms with van der Waals surface area (Å²) in [5, 5.41) is 0.693. The molecular formula is C14H11BrN4. The molecule has 0 aliphatic carbocycles. The van der Waals surface area contributed by atoms with E-state index >= 15 is 0 Å². The minimum absolute atomic E-state index is 0.486. The van der Waals surface area contributed by atoms with Crippen molar-refractivity contribution in [2.45, 2.75) is 12.3 Å². The van der Waals surface area contributed by atoms with Crippen molar-refractivity contribution >= 4 is 27.6 Å². The highest BCUT2D eigenvalue weighted by Crippen LogP contribution is 2.17. The fourth-order valence-electron chi connectivity index (χ4n) is 1.23. The molecule has 0 radical (unpaired) electrons. The van der Waals surface area contributed by atoms with E-state index in [0.29, 0.717) is 17.0 Å². The van der Waals surface area contributed by atoms with Crippen LogP contribution in [0.1, 0.15) is 11.1 Å². The van der Waals surface area contributed by atoms with Gasteiger partial charge < -0.3 is 9.69 Å². The molecule has 0 bridgehead atoms. The highest BCUT2D eigenvalue weighted by atomic mass is 79.9. The van der Waals surface area contributed by atoms with E-state index in [-0.39, 0.29) is 0 Å². The van der Waals surface area contributed by atoms with Gasteiger partial charge in [0.15, 0.2) is 0 Å². The molecule has 0 fully saturated rings. The van der Waals surface area contributed by atoms with Crippen LogP contribution in [-0.2, 0) is 5.33 Å². The molecule has 0 aromatic carbocycles. The van der Waals surface area contributed by atoms with Crippen molar-refractivity contribution in [3.8, 4) is 0 Å². The lowest BCUT2D eigenvalue weighted by Crippen LogP contribution is -1.79. The van der Waals surface area contributed by atoms with E-state index in [9.17, 15) is 0 Å². The maximum absolute atomic E-state index is 6.73. The fourth-order valence-corrected chi connectivity index (χ4v) is 1.67. The van der Waals surface area contributed by atoms with Crippen LogP contribution in [0.2, 0.25) is 0 Å². The number of rotatable bonds is 1. The van der Waals surface area contributed by atoms with Crippen molar-refractivity contribution < 1.29 is 0 Å². The summed E-state index contributed by atoms with van der Waals surface area (Å²) in [5.74, 6) is 0.983. The van der Waals surface area contributed by atoms with E-state index < -0.39 is 0 Å². The van der Waals surface area contributed by atoms with Crippen LogP contribution in [-0.4, -0.2) is 9.97 Å². The third kappa shape index (κ3) is 4.50. The molecular weight excluding hydrogens is 304 g/mol. The molecule has 2 aromatic heterocycles. The number of halogens is 1. The van der Waals surface area contributed by atoms with E-state index in [1.807, 2.05) is 31.2 Å². The molecule has 2 rings (SSSR count). The zero-order valence-electron chi connectivity index (χ0n) is 10.3. The highest BCUT2D eigenvalue weighted by Gasteiger charge is 1.98. The SMILES string of the molecule is [C-]#[N+]c1ncccc1C.[C-]#[N+]c1ncccc1CBr. The van der Waals surface area contributed by atoms with Gasteiger partial charge in [-0.15, -0.1) is 9.97 Å². The molecule has 0 unspecified atom stereocenters. The van der Waals surface area contributed by atoms with Crippen LogP contribution < -0.4 is 0 Å². The lowest BCUT2D eigenvalue weighted by molar-refractivity contribution is 1.29. The van der Waals surface area contributed by atoms with Gasteiger partial charge in [-0.1, -0.05) is 41.2 Å². The molecule has 2 aromatic rings. The van der Waals surface area contributed by atoms with Crippen LogP contribution in [0.25, 0.3) is 9.69 Å². The van der Waals surface area contributed by atoms with Gasteiger partial charge in [-0.3, -0.25) is 0 Å². The number of hydrogen-bond donors (Lipinski definition) is 0. The van der Waals surface area contributed by atoms with Crippen molar-refractivity contribution in [1.29, 1.82) is 0 Å². The molecule has 2 heterocycles. The number of aromatic nitrogens is 2. The summed E-state index contributed by atoms with van der Waals surface area (Å²) in [7, 11) is 0. The van der Waals surface area contributed by atoms with E-state index in [1.54, 1.807) is 12.4 Å².